The van der Waals surface area contributed by atoms with Crippen molar-refractivity contribution in [3.05, 3.63) is 34.3 Å². The van der Waals surface area contributed by atoms with Crippen molar-refractivity contribution >= 4 is 11.6 Å². The molecule has 0 aliphatic rings. The van der Waals surface area contributed by atoms with Crippen LogP contribution in [-0.4, -0.2) is 17.8 Å². The molecule has 1 aromatic carbocycles. The molecule has 0 heterocycles. The van der Waals surface area contributed by atoms with Gasteiger partial charge in [-0.15, -0.1) is 0 Å². The van der Waals surface area contributed by atoms with Crippen LogP contribution in [0.15, 0.2) is 18.2 Å². The lowest BCUT2D eigenvalue weighted by Gasteiger charge is -2.31. The summed E-state index contributed by atoms with van der Waals surface area (Å²) in [6.07, 6.45) is 0.757. The Morgan fingerprint density at radius 2 is 2.00 bits per heavy atom. The molecule has 0 amide bonds. The standard InChI is InChI=1S/C15H24ClNO/c1-11-5-6-12(13(16)9-11)10-17-14(7-8-18)15(2,3)4/h5-6,9,14,17-18H,7-8,10H2,1-4H3. The van der Waals surface area contributed by atoms with Crippen LogP contribution in [0.2, 0.25) is 5.02 Å². The Balaban J connectivity index is 2.67. The largest absolute Gasteiger partial charge is 0.396 e. The van der Waals surface area contributed by atoms with Crippen molar-refractivity contribution in [3.8, 4) is 0 Å². The lowest BCUT2D eigenvalue weighted by Crippen LogP contribution is -2.40. The Kier molecular flexibility index (Phi) is 5.64. The van der Waals surface area contributed by atoms with Gasteiger partial charge in [0.1, 0.15) is 0 Å². The van der Waals surface area contributed by atoms with Gasteiger partial charge in [0.05, 0.1) is 0 Å². The van der Waals surface area contributed by atoms with Crippen molar-refractivity contribution in [2.45, 2.75) is 46.7 Å². The van der Waals surface area contributed by atoms with E-state index in [2.05, 4.69) is 38.2 Å². The zero-order chi connectivity index (χ0) is 13.8. The number of halogens is 1. The first-order valence-corrected chi connectivity index (χ1v) is 6.81. The van der Waals surface area contributed by atoms with E-state index in [0.29, 0.717) is 0 Å². The van der Waals surface area contributed by atoms with Crippen LogP contribution in [0.3, 0.4) is 0 Å². The van der Waals surface area contributed by atoms with Gasteiger partial charge in [0.2, 0.25) is 0 Å². The predicted octanol–water partition coefficient (Wildman–Crippen LogP) is 3.54. The third-order valence-corrected chi connectivity index (χ3v) is 3.56. The van der Waals surface area contributed by atoms with Gasteiger partial charge in [-0.2, -0.15) is 0 Å². The molecule has 0 spiro atoms. The van der Waals surface area contributed by atoms with Gasteiger partial charge in [-0.25, -0.2) is 0 Å². The van der Waals surface area contributed by atoms with Crippen molar-refractivity contribution < 1.29 is 5.11 Å². The first kappa shape index (κ1) is 15.5. The van der Waals surface area contributed by atoms with Crippen molar-refractivity contribution in [1.29, 1.82) is 0 Å². The number of nitrogens with one attached hydrogen (secondary N) is 1. The number of aliphatic hydroxyl groups excluding tert-OH is 1. The van der Waals surface area contributed by atoms with E-state index in [1.54, 1.807) is 0 Å². The van der Waals surface area contributed by atoms with Gasteiger partial charge in [0.25, 0.3) is 0 Å². The van der Waals surface area contributed by atoms with Gasteiger partial charge in [-0.05, 0) is 36.0 Å². The topological polar surface area (TPSA) is 32.3 Å². The molecule has 1 unspecified atom stereocenters. The van der Waals surface area contributed by atoms with Crippen LogP contribution in [0.4, 0.5) is 0 Å². The molecule has 2 nitrogen and oxygen atoms in total. The molecule has 0 saturated heterocycles. The van der Waals surface area contributed by atoms with Crippen molar-refractivity contribution in [3.63, 3.8) is 0 Å². The Morgan fingerprint density at radius 1 is 1.33 bits per heavy atom. The van der Waals surface area contributed by atoms with Crippen LogP contribution < -0.4 is 5.32 Å². The molecular formula is C15H24ClNO. The number of aryl methyl sites for hydroxylation is 1. The minimum Gasteiger partial charge on any atom is -0.396 e. The minimum atomic E-state index is 0.125. The minimum absolute atomic E-state index is 0.125. The second-order valence-electron chi connectivity index (χ2n) is 5.91. The maximum absolute atomic E-state index is 9.12. The molecular weight excluding hydrogens is 246 g/mol. The fourth-order valence-electron chi connectivity index (χ4n) is 2.00. The monoisotopic (exact) mass is 269 g/mol. The lowest BCUT2D eigenvalue weighted by molar-refractivity contribution is 0.196. The van der Waals surface area contributed by atoms with Crippen LogP contribution in [-0.2, 0) is 6.54 Å². The highest BCUT2D eigenvalue weighted by molar-refractivity contribution is 6.31. The molecule has 0 bridgehead atoms. The van der Waals surface area contributed by atoms with E-state index in [-0.39, 0.29) is 18.1 Å². The molecule has 0 aliphatic heterocycles. The molecule has 0 aliphatic carbocycles. The van der Waals surface area contributed by atoms with E-state index in [1.807, 2.05) is 13.0 Å². The summed E-state index contributed by atoms with van der Waals surface area (Å²) in [7, 11) is 0. The Labute approximate surface area is 115 Å². The Hall–Kier alpha value is -0.570. The average molecular weight is 270 g/mol. The van der Waals surface area contributed by atoms with E-state index in [1.165, 1.54) is 5.56 Å². The van der Waals surface area contributed by atoms with Gasteiger partial charge in [0.15, 0.2) is 0 Å². The number of hydrogen-bond acceptors (Lipinski definition) is 2. The summed E-state index contributed by atoms with van der Waals surface area (Å²) in [4.78, 5) is 0. The van der Waals surface area contributed by atoms with E-state index < -0.39 is 0 Å². The zero-order valence-electron chi connectivity index (χ0n) is 11.8. The second kappa shape index (κ2) is 6.55. The normalized spacial score (nSPS) is 13.7. The van der Waals surface area contributed by atoms with Gasteiger partial charge in [0, 0.05) is 24.2 Å². The molecule has 0 fully saturated rings. The maximum Gasteiger partial charge on any atom is 0.0453 e. The highest BCUT2D eigenvalue weighted by Crippen LogP contribution is 2.23. The molecule has 18 heavy (non-hydrogen) atoms. The van der Waals surface area contributed by atoms with Crippen LogP contribution in [0, 0.1) is 12.3 Å². The van der Waals surface area contributed by atoms with Gasteiger partial charge >= 0.3 is 0 Å². The summed E-state index contributed by atoms with van der Waals surface area (Å²) < 4.78 is 0. The number of benzene rings is 1. The van der Waals surface area contributed by atoms with Gasteiger partial charge in [-0.3, -0.25) is 0 Å². The van der Waals surface area contributed by atoms with Gasteiger partial charge < -0.3 is 10.4 Å². The second-order valence-corrected chi connectivity index (χ2v) is 6.31. The van der Waals surface area contributed by atoms with E-state index in [9.17, 15) is 0 Å². The molecule has 0 radical (unpaired) electrons. The molecule has 0 aromatic heterocycles. The summed E-state index contributed by atoms with van der Waals surface area (Å²) >= 11 is 6.21. The number of rotatable bonds is 5. The quantitative estimate of drug-likeness (QED) is 0.857. The van der Waals surface area contributed by atoms with Crippen LogP contribution in [0.1, 0.15) is 38.3 Å². The maximum atomic E-state index is 9.12. The summed E-state index contributed by atoms with van der Waals surface area (Å²) in [5.74, 6) is 0. The predicted molar refractivity (Wildman–Crippen MR) is 78.0 cm³/mol. The van der Waals surface area contributed by atoms with Crippen LogP contribution in [0.25, 0.3) is 0 Å². The molecule has 1 atom stereocenters. The smallest absolute Gasteiger partial charge is 0.0453 e. The first-order valence-electron chi connectivity index (χ1n) is 6.44. The Morgan fingerprint density at radius 3 is 2.50 bits per heavy atom. The van der Waals surface area contributed by atoms with E-state index in [4.69, 9.17) is 16.7 Å². The molecule has 1 aromatic rings. The van der Waals surface area contributed by atoms with Crippen molar-refractivity contribution in [1.82, 2.24) is 5.32 Å². The fraction of sp³-hybridized carbons (Fsp3) is 0.600. The summed E-state index contributed by atoms with van der Waals surface area (Å²) in [5, 5.41) is 13.4. The SMILES string of the molecule is Cc1ccc(CNC(CCO)C(C)(C)C)c(Cl)c1. The molecule has 2 N–H and O–H groups in total. The summed E-state index contributed by atoms with van der Waals surface area (Å²) in [6, 6.07) is 6.39. The van der Waals surface area contributed by atoms with E-state index in [0.717, 1.165) is 23.6 Å². The Bertz CT molecular complexity index is 385. The molecule has 3 heteroatoms. The van der Waals surface area contributed by atoms with E-state index >= 15 is 0 Å². The first-order chi connectivity index (χ1) is 8.34. The van der Waals surface area contributed by atoms with Crippen molar-refractivity contribution in [2.75, 3.05) is 6.61 Å². The average Bonchev–Trinajstić information content (AvgIpc) is 2.24. The van der Waals surface area contributed by atoms with Crippen molar-refractivity contribution in [2.24, 2.45) is 5.41 Å². The molecule has 102 valence electrons. The highest BCUT2D eigenvalue weighted by Gasteiger charge is 2.23. The fourth-order valence-corrected chi connectivity index (χ4v) is 2.30. The lowest BCUT2D eigenvalue weighted by atomic mass is 9.85. The third-order valence-electron chi connectivity index (χ3n) is 3.21. The summed E-state index contributed by atoms with van der Waals surface area (Å²) in [6.45, 7) is 9.51. The van der Waals surface area contributed by atoms with Gasteiger partial charge in [-0.1, -0.05) is 44.5 Å². The third kappa shape index (κ3) is 4.60. The number of hydrogen-bond donors (Lipinski definition) is 2. The molecule has 1 rings (SSSR count). The summed E-state index contributed by atoms with van der Waals surface area (Å²) in [5.41, 5.74) is 2.40. The number of aliphatic hydroxyl groups is 1. The van der Waals surface area contributed by atoms with Crippen LogP contribution >= 0.6 is 11.6 Å². The van der Waals surface area contributed by atoms with Crippen LogP contribution in [0.5, 0.6) is 0 Å². The highest BCUT2D eigenvalue weighted by atomic mass is 35.5. The molecule has 0 saturated carbocycles. The zero-order valence-corrected chi connectivity index (χ0v) is 12.5.